The second kappa shape index (κ2) is 10.4. The van der Waals surface area contributed by atoms with Crippen molar-refractivity contribution >= 4 is 23.3 Å². The molecule has 1 fully saturated rings. The molecule has 32 heavy (non-hydrogen) atoms. The molecule has 0 radical (unpaired) electrons. The summed E-state index contributed by atoms with van der Waals surface area (Å²) in [5, 5.41) is 6.11. The van der Waals surface area contributed by atoms with Crippen molar-refractivity contribution in [3.8, 4) is 0 Å². The Kier molecular flexibility index (Phi) is 7.17. The smallest absolute Gasteiger partial charge is 0.354 e. The van der Waals surface area contributed by atoms with Crippen LogP contribution >= 0.6 is 0 Å². The first kappa shape index (κ1) is 22.0. The standard InChI is InChI=1S/C25H29N3O4/c1-2-31-25(30)22-17-23(28(26-22)20-11-7-4-8-12-20)24(29)27-15-13-21(14-16-27)32-18-19-9-5-3-6-10-19/h3-12,21,23H,2,13-18H2,1H3/t23-/m0/s1. The lowest BCUT2D eigenvalue weighted by atomic mass is 10.0. The van der Waals surface area contributed by atoms with Crippen LogP contribution in [0.5, 0.6) is 0 Å². The van der Waals surface area contributed by atoms with Crippen LogP contribution in [-0.2, 0) is 25.7 Å². The summed E-state index contributed by atoms with van der Waals surface area (Å²) in [6, 6.07) is 19.0. The van der Waals surface area contributed by atoms with Crippen molar-refractivity contribution < 1.29 is 19.1 Å². The van der Waals surface area contributed by atoms with E-state index in [2.05, 4.69) is 17.2 Å². The SMILES string of the molecule is CCOC(=O)C1=NN(c2ccccc2)[C@H](C(=O)N2CCC(OCc3ccccc3)CC2)C1. The average Bonchev–Trinajstić information content (AvgIpc) is 3.30. The molecule has 2 aromatic carbocycles. The van der Waals surface area contributed by atoms with Crippen molar-refractivity contribution in [2.75, 3.05) is 24.7 Å². The Hall–Kier alpha value is -3.19. The molecule has 0 unspecified atom stereocenters. The zero-order valence-electron chi connectivity index (χ0n) is 18.4. The summed E-state index contributed by atoms with van der Waals surface area (Å²) in [7, 11) is 0. The highest BCUT2D eigenvalue weighted by molar-refractivity contribution is 6.38. The molecule has 4 rings (SSSR count). The van der Waals surface area contributed by atoms with E-state index >= 15 is 0 Å². The molecule has 2 aliphatic heterocycles. The van der Waals surface area contributed by atoms with Gasteiger partial charge in [-0.3, -0.25) is 9.80 Å². The lowest BCUT2D eigenvalue weighted by Crippen LogP contribution is -2.49. The maximum Gasteiger partial charge on any atom is 0.354 e. The van der Waals surface area contributed by atoms with E-state index in [0.717, 1.165) is 24.1 Å². The topological polar surface area (TPSA) is 71.4 Å². The van der Waals surface area contributed by atoms with Crippen LogP contribution in [0.1, 0.15) is 31.7 Å². The number of benzene rings is 2. The maximum atomic E-state index is 13.4. The number of likely N-dealkylation sites (tertiary alicyclic amines) is 1. The maximum absolute atomic E-state index is 13.4. The predicted molar refractivity (Wildman–Crippen MR) is 122 cm³/mol. The predicted octanol–water partition coefficient (Wildman–Crippen LogP) is 3.39. The Morgan fingerprint density at radius 1 is 1.00 bits per heavy atom. The number of nitrogens with zero attached hydrogens (tertiary/aromatic N) is 3. The molecule has 0 saturated carbocycles. The molecule has 0 spiro atoms. The number of hydrogen-bond acceptors (Lipinski definition) is 6. The van der Waals surface area contributed by atoms with Gasteiger partial charge in [0, 0.05) is 19.5 Å². The summed E-state index contributed by atoms with van der Waals surface area (Å²) in [6.07, 6.45) is 1.97. The van der Waals surface area contributed by atoms with E-state index in [0.29, 0.717) is 19.7 Å². The molecule has 0 N–H and O–H groups in total. The van der Waals surface area contributed by atoms with Gasteiger partial charge < -0.3 is 14.4 Å². The molecule has 7 nitrogen and oxygen atoms in total. The molecule has 168 valence electrons. The van der Waals surface area contributed by atoms with Gasteiger partial charge in [0.1, 0.15) is 11.8 Å². The number of carbonyl (C=O) groups is 2. The summed E-state index contributed by atoms with van der Waals surface area (Å²) < 4.78 is 11.2. The Labute approximate surface area is 188 Å². The van der Waals surface area contributed by atoms with Gasteiger partial charge in [-0.05, 0) is 37.5 Å². The Morgan fingerprint density at radius 2 is 1.66 bits per heavy atom. The number of para-hydroxylation sites is 1. The molecule has 7 heteroatoms. The number of piperidine rings is 1. The van der Waals surface area contributed by atoms with Crippen LogP contribution in [0, 0.1) is 0 Å². The van der Waals surface area contributed by atoms with E-state index in [-0.39, 0.29) is 30.8 Å². The number of carbonyl (C=O) groups excluding carboxylic acids is 2. The van der Waals surface area contributed by atoms with E-state index in [1.807, 2.05) is 53.4 Å². The first-order valence-corrected chi connectivity index (χ1v) is 11.2. The van der Waals surface area contributed by atoms with Gasteiger partial charge in [-0.15, -0.1) is 0 Å². The minimum Gasteiger partial charge on any atom is -0.461 e. The minimum atomic E-state index is -0.543. The molecular weight excluding hydrogens is 406 g/mol. The monoisotopic (exact) mass is 435 g/mol. The van der Waals surface area contributed by atoms with Crippen molar-refractivity contribution in [1.82, 2.24) is 4.90 Å². The van der Waals surface area contributed by atoms with Gasteiger partial charge in [-0.1, -0.05) is 48.5 Å². The highest BCUT2D eigenvalue weighted by atomic mass is 16.5. The van der Waals surface area contributed by atoms with E-state index in [1.165, 1.54) is 0 Å². The van der Waals surface area contributed by atoms with Crippen molar-refractivity contribution in [3.63, 3.8) is 0 Å². The summed E-state index contributed by atoms with van der Waals surface area (Å²) in [4.78, 5) is 27.6. The average molecular weight is 436 g/mol. The van der Waals surface area contributed by atoms with Crippen LogP contribution < -0.4 is 5.01 Å². The van der Waals surface area contributed by atoms with E-state index in [4.69, 9.17) is 9.47 Å². The van der Waals surface area contributed by atoms with Crippen LogP contribution in [-0.4, -0.2) is 54.3 Å². The lowest BCUT2D eigenvalue weighted by molar-refractivity contribution is -0.135. The quantitative estimate of drug-likeness (QED) is 0.624. The Bertz CT molecular complexity index is 940. The Balaban J connectivity index is 1.38. The first-order valence-electron chi connectivity index (χ1n) is 11.2. The number of hydrazone groups is 1. The highest BCUT2D eigenvalue weighted by Gasteiger charge is 2.39. The molecule has 1 amide bonds. The molecule has 2 aromatic rings. The second-order valence-electron chi connectivity index (χ2n) is 7.99. The highest BCUT2D eigenvalue weighted by Crippen LogP contribution is 2.27. The van der Waals surface area contributed by atoms with Gasteiger partial charge in [0.05, 0.1) is 25.0 Å². The van der Waals surface area contributed by atoms with Crippen LogP contribution in [0.2, 0.25) is 0 Å². The minimum absolute atomic E-state index is 0.0154. The summed E-state index contributed by atoms with van der Waals surface area (Å²) >= 11 is 0. The molecule has 1 atom stereocenters. The molecule has 0 bridgehead atoms. The van der Waals surface area contributed by atoms with Crippen LogP contribution in [0.25, 0.3) is 0 Å². The third kappa shape index (κ3) is 5.16. The third-order valence-electron chi connectivity index (χ3n) is 5.81. The number of hydrogen-bond donors (Lipinski definition) is 0. The second-order valence-corrected chi connectivity index (χ2v) is 7.99. The molecule has 2 heterocycles. The fraction of sp³-hybridized carbons (Fsp3) is 0.400. The third-order valence-corrected chi connectivity index (χ3v) is 5.81. The van der Waals surface area contributed by atoms with Crippen LogP contribution in [0.15, 0.2) is 65.8 Å². The summed E-state index contributed by atoms with van der Waals surface area (Å²) in [5.41, 5.74) is 2.22. The van der Waals surface area contributed by atoms with E-state index in [1.54, 1.807) is 11.9 Å². The van der Waals surface area contributed by atoms with Crippen molar-refractivity contribution in [2.24, 2.45) is 5.10 Å². The number of esters is 1. The molecule has 0 aliphatic carbocycles. The van der Waals surface area contributed by atoms with Gasteiger partial charge in [0.25, 0.3) is 0 Å². The summed E-state index contributed by atoms with van der Waals surface area (Å²) in [6.45, 7) is 3.88. The number of anilines is 1. The van der Waals surface area contributed by atoms with Crippen LogP contribution in [0.3, 0.4) is 0 Å². The van der Waals surface area contributed by atoms with Gasteiger partial charge in [-0.25, -0.2) is 4.79 Å². The normalized spacial score (nSPS) is 19.0. The fourth-order valence-electron chi connectivity index (χ4n) is 4.10. The van der Waals surface area contributed by atoms with Crippen LogP contribution in [0.4, 0.5) is 5.69 Å². The molecule has 2 aliphatic rings. The van der Waals surface area contributed by atoms with E-state index in [9.17, 15) is 9.59 Å². The van der Waals surface area contributed by atoms with Crippen molar-refractivity contribution in [3.05, 3.63) is 66.2 Å². The summed E-state index contributed by atoms with van der Waals surface area (Å²) in [5.74, 6) is -0.477. The van der Waals surface area contributed by atoms with Gasteiger partial charge in [0.15, 0.2) is 0 Å². The number of rotatable bonds is 7. The van der Waals surface area contributed by atoms with Gasteiger partial charge in [-0.2, -0.15) is 5.10 Å². The molecular formula is C25H29N3O4. The zero-order chi connectivity index (χ0) is 22.3. The largest absolute Gasteiger partial charge is 0.461 e. The van der Waals surface area contributed by atoms with Gasteiger partial charge in [0.2, 0.25) is 5.91 Å². The lowest BCUT2D eigenvalue weighted by Gasteiger charge is -2.35. The van der Waals surface area contributed by atoms with Crippen molar-refractivity contribution in [2.45, 2.75) is 44.9 Å². The number of ether oxygens (including phenoxy) is 2. The number of amides is 1. The molecule has 1 saturated heterocycles. The zero-order valence-corrected chi connectivity index (χ0v) is 18.4. The molecule has 0 aromatic heterocycles. The van der Waals surface area contributed by atoms with Gasteiger partial charge >= 0.3 is 5.97 Å². The Morgan fingerprint density at radius 3 is 2.31 bits per heavy atom. The van der Waals surface area contributed by atoms with Crippen molar-refractivity contribution in [1.29, 1.82) is 0 Å². The first-order chi connectivity index (χ1) is 15.7. The fourth-order valence-corrected chi connectivity index (χ4v) is 4.10. The van der Waals surface area contributed by atoms with E-state index < -0.39 is 12.0 Å².